The molecular formula is C32H35N7O2. The molecule has 2 amide bonds. The monoisotopic (exact) mass is 549 g/mol. The molecule has 3 aromatic carbocycles. The van der Waals surface area contributed by atoms with E-state index in [1.807, 2.05) is 90.8 Å². The van der Waals surface area contributed by atoms with E-state index in [1.165, 1.54) is 0 Å². The highest BCUT2D eigenvalue weighted by molar-refractivity contribution is 6.00. The highest BCUT2D eigenvalue weighted by Gasteiger charge is 2.18. The molecule has 0 unspecified atom stereocenters. The van der Waals surface area contributed by atoms with Crippen molar-refractivity contribution in [2.75, 3.05) is 62.4 Å². The number of fused-ring (bicyclic) bond motifs is 1. The third-order valence-electron chi connectivity index (χ3n) is 7.01. The number of anilines is 4. The van der Waals surface area contributed by atoms with Crippen molar-refractivity contribution in [2.24, 2.45) is 0 Å². The number of likely N-dealkylation sites (N-methyl/N-ethyl adjacent to an activating group) is 1. The molecule has 2 N–H and O–H groups in total. The molecule has 210 valence electrons. The van der Waals surface area contributed by atoms with Crippen molar-refractivity contribution in [2.45, 2.75) is 6.92 Å². The minimum Gasteiger partial charge on any atom is -0.368 e. The number of piperazine rings is 1. The molecule has 5 rings (SSSR count). The van der Waals surface area contributed by atoms with Gasteiger partial charge in [-0.2, -0.15) is 0 Å². The van der Waals surface area contributed by atoms with Crippen LogP contribution in [0.4, 0.5) is 23.0 Å². The quantitative estimate of drug-likeness (QED) is 0.306. The predicted molar refractivity (Wildman–Crippen MR) is 165 cm³/mol. The van der Waals surface area contributed by atoms with Crippen LogP contribution in [0.15, 0.2) is 85.1 Å². The zero-order valence-corrected chi connectivity index (χ0v) is 23.7. The summed E-state index contributed by atoms with van der Waals surface area (Å²) in [6.45, 7) is 5.44. The number of para-hydroxylation sites is 1. The minimum atomic E-state index is -0.167. The average Bonchev–Trinajstić information content (AvgIpc) is 2.97. The molecule has 1 aliphatic heterocycles. The van der Waals surface area contributed by atoms with E-state index in [0.29, 0.717) is 18.2 Å². The van der Waals surface area contributed by atoms with Crippen molar-refractivity contribution in [3.05, 3.63) is 85.1 Å². The maximum Gasteiger partial charge on any atom is 0.248 e. The number of nitrogens with one attached hydrogen (secondary N) is 2. The van der Waals surface area contributed by atoms with E-state index >= 15 is 0 Å². The van der Waals surface area contributed by atoms with Crippen LogP contribution < -0.4 is 15.5 Å². The van der Waals surface area contributed by atoms with Gasteiger partial charge in [0.1, 0.15) is 0 Å². The van der Waals surface area contributed by atoms with Crippen LogP contribution in [0.2, 0.25) is 0 Å². The topological polar surface area (TPSA) is 93.7 Å². The van der Waals surface area contributed by atoms with E-state index in [4.69, 9.17) is 4.98 Å². The maximum absolute atomic E-state index is 12.4. The first-order chi connectivity index (χ1) is 19.9. The van der Waals surface area contributed by atoms with Gasteiger partial charge in [-0.05, 0) is 56.1 Å². The van der Waals surface area contributed by atoms with Crippen LogP contribution in [0.5, 0.6) is 0 Å². The first kappa shape index (κ1) is 27.8. The maximum atomic E-state index is 12.4. The highest BCUT2D eigenvalue weighted by Crippen LogP contribution is 2.30. The Morgan fingerprint density at radius 1 is 0.951 bits per heavy atom. The summed E-state index contributed by atoms with van der Waals surface area (Å²) in [4.78, 5) is 39.5. The molecule has 9 heteroatoms. The van der Waals surface area contributed by atoms with Crippen LogP contribution >= 0.6 is 0 Å². The Morgan fingerprint density at radius 3 is 2.44 bits per heavy atom. The fourth-order valence-electron chi connectivity index (χ4n) is 4.83. The first-order valence-electron chi connectivity index (χ1n) is 13.7. The summed E-state index contributed by atoms with van der Waals surface area (Å²) in [7, 11) is 3.91. The normalized spacial score (nSPS) is 13.7. The van der Waals surface area contributed by atoms with Crippen molar-refractivity contribution in [3.8, 4) is 11.1 Å². The summed E-state index contributed by atoms with van der Waals surface area (Å²) >= 11 is 0. The lowest BCUT2D eigenvalue weighted by atomic mass is 10.0. The van der Waals surface area contributed by atoms with Gasteiger partial charge < -0.3 is 25.3 Å². The number of carbonyl (C=O) groups is 2. The van der Waals surface area contributed by atoms with Gasteiger partial charge in [-0.1, -0.05) is 36.4 Å². The second-order valence-corrected chi connectivity index (χ2v) is 10.3. The molecule has 4 aromatic rings. The van der Waals surface area contributed by atoms with Gasteiger partial charge in [-0.3, -0.25) is 9.59 Å². The van der Waals surface area contributed by atoms with Crippen LogP contribution in [0.1, 0.15) is 6.92 Å². The summed E-state index contributed by atoms with van der Waals surface area (Å²) in [5.74, 6) is 0.467. The fourth-order valence-corrected chi connectivity index (χ4v) is 4.83. The molecule has 1 aliphatic rings. The largest absolute Gasteiger partial charge is 0.368 e. The molecule has 1 aromatic heterocycles. The lowest BCUT2D eigenvalue weighted by Crippen LogP contribution is -2.48. The molecule has 0 radical (unpaired) electrons. The number of rotatable bonds is 8. The lowest BCUT2D eigenvalue weighted by Gasteiger charge is -2.35. The van der Waals surface area contributed by atoms with Crippen molar-refractivity contribution < 1.29 is 9.59 Å². The summed E-state index contributed by atoms with van der Waals surface area (Å²) in [6, 6.07) is 22.0. The minimum absolute atomic E-state index is 0.130. The Bertz CT molecular complexity index is 1560. The summed E-state index contributed by atoms with van der Waals surface area (Å²) in [6.07, 6.45) is 5.20. The molecule has 1 saturated heterocycles. The molecule has 0 spiro atoms. The summed E-state index contributed by atoms with van der Waals surface area (Å²) in [5, 5.41) is 7.20. The van der Waals surface area contributed by atoms with E-state index in [9.17, 15) is 9.59 Å². The van der Waals surface area contributed by atoms with Gasteiger partial charge >= 0.3 is 0 Å². The number of aromatic nitrogens is 2. The average molecular weight is 550 g/mol. The number of hydrogen-bond donors (Lipinski definition) is 2. The number of benzene rings is 3. The Hall–Kier alpha value is -4.76. The van der Waals surface area contributed by atoms with Gasteiger partial charge in [0.15, 0.2) is 0 Å². The van der Waals surface area contributed by atoms with Crippen LogP contribution in [0, 0.1) is 0 Å². The van der Waals surface area contributed by atoms with E-state index in [1.54, 1.807) is 13.0 Å². The van der Waals surface area contributed by atoms with Gasteiger partial charge in [-0.25, -0.2) is 9.97 Å². The van der Waals surface area contributed by atoms with E-state index < -0.39 is 0 Å². The van der Waals surface area contributed by atoms with Crippen LogP contribution in [0.25, 0.3) is 22.0 Å². The van der Waals surface area contributed by atoms with E-state index in [0.717, 1.165) is 59.6 Å². The number of nitrogens with zero attached hydrogens (tertiary/aromatic N) is 5. The zero-order chi connectivity index (χ0) is 28.8. The Kier molecular flexibility index (Phi) is 8.55. The molecule has 41 heavy (non-hydrogen) atoms. The van der Waals surface area contributed by atoms with Gasteiger partial charge in [0.2, 0.25) is 17.8 Å². The SMILES string of the molecule is CC(=O)N1CCN(c2ccc(Nc3ncc4cccc(-c5cccc(NC(=O)C=CCN(C)C)c5)c4n3)cc2)CC1. The second kappa shape index (κ2) is 12.6. The summed E-state index contributed by atoms with van der Waals surface area (Å²) in [5.41, 5.74) is 5.45. The Balaban J connectivity index is 1.31. The molecule has 0 bridgehead atoms. The van der Waals surface area contributed by atoms with Gasteiger partial charge in [0.25, 0.3) is 0 Å². The first-order valence-corrected chi connectivity index (χ1v) is 13.7. The van der Waals surface area contributed by atoms with Crippen molar-refractivity contribution in [1.82, 2.24) is 19.8 Å². The van der Waals surface area contributed by atoms with Crippen LogP contribution in [-0.2, 0) is 9.59 Å². The van der Waals surface area contributed by atoms with E-state index in [2.05, 4.69) is 32.7 Å². The van der Waals surface area contributed by atoms with Gasteiger partial charge in [-0.15, -0.1) is 0 Å². The molecule has 0 atom stereocenters. The molecule has 0 saturated carbocycles. The smallest absolute Gasteiger partial charge is 0.248 e. The van der Waals surface area contributed by atoms with Crippen LogP contribution in [-0.4, -0.2) is 78.4 Å². The van der Waals surface area contributed by atoms with Crippen molar-refractivity contribution in [3.63, 3.8) is 0 Å². The standard InChI is InChI=1S/C32H35N7O2/c1-23(40)38-17-19-39(20-18-38)28-14-12-26(13-15-28)35-32-33-22-25-8-5-10-29(31(25)36-32)24-7-4-9-27(21-24)34-30(41)11-6-16-37(2)3/h4-15,21-22H,16-20H2,1-3H3,(H,34,41)(H,33,35,36). The lowest BCUT2D eigenvalue weighted by molar-refractivity contribution is -0.129. The molecule has 1 fully saturated rings. The Labute approximate surface area is 240 Å². The summed E-state index contributed by atoms with van der Waals surface area (Å²) < 4.78 is 0. The molecule has 0 aliphatic carbocycles. The third-order valence-corrected chi connectivity index (χ3v) is 7.01. The number of hydrogen-bond acceptors (Lipinski definition) is 7. The highest BCUT2D eigenvalue weighted by atomic mass is 16.2. The van der Waals surface area contributed by atoms with Gasteiger partial charge in [0.05, 0.1) is 5.52 Å². The fraction of sp³-hybridized carbons (Fsp3) is 0.250. The number of amides is 2. The molecule has 9 nitrogen and oxygen atoms in total. The second-order valence-electron chi connectivity index (χ2n) is 10.3. The predicted octanol–water partition coefficient (Wildman–Crippen LogP) is 4.77. The van der Waals surface area contributed by atoms with E-state index in [-0.39, 0.29) is 11.8 Å². The van der Waals surface area contributed by atoms with Crippen molar-refractivity contribution in [1.29, 1.82) is 0 Å². The molecular weight excluding hydrogens is 514 g/mol. The zero-order valence-electron chi connectivity index (χ0n) is 23.7. The number of carbonyl (C=O) groups excluding carboxylic acids is 2. The molecule has 2 heterocycles. The Morgan fingerprint density at radius 2 is 1.71 bits per heavy atom. The van der Waals surface area contributed by atoms with Crippen LogP contribution in [0.3, 0.4) is 0 Å². The van der Waals surface area contributed by atoms with Crippen molar-refractivity contribution >= 4 is 45.7 Å². The van der Waals surface area contributed by atoms with Gasteiger partial charge in [0, 0.05) is 79.9 Å². The third kappa shape index (κ3) is 7.06.